The highest BCUT2D eigenvalue weighted by Gasteiger charge is 2.19. The molecule has 0 bridgehead atoms. The van der Waals surface area contributed by atoms with Gasteiger partial charge >= 0.3 is 0 Å². The number of rotatable bonds is 2. The molecule has 108 valence electrons. The van der Waals surface area contributed by atoms with Crippen LogP contribution in [0.3, 0.4) is 0 Å². The second kappa shape index (κ2) is 5.54. The Morgan fingerprint density at radius 3 is 2.76 bits per heavy atom. The molecule has 7 heteroatoms. The number of halogens is 1. The minimum Gasteiger partial charge on any atom is -0.306 e. The SMILES string of the molecule is CC(C)(C)c1cc(C(=O)Nc2[nH]ncc2C#N)cc(Cl)n1. The van der Waals surface area contributed by atoms with Gasteiger partial charge in [-0.3, -0.25) is 9.89 Å². The molecule has 0 aliphatic heterocycles. The van der Waals surface area contributed by atoms with Crippen molar-refractivity contribution in [2.75, 3.05) is 5.32 Å². The molecule has 0 aliphatic carbocycles. The van der Waals surface area contributed by atoms with Crippen molar-refractivity contribution in [2.45, 2.75) is 26.2 Å². The van der Waals surface area contributed by atoms with E-state index in [-0.39, 0.29) is 27.9 Å². The molecule has 0 unspecified atom stereocenters. The third kappa shape index (κ3) is 3.38. The van der Waals surface area contributed by atoms with E-state index in [1.165, 1.54) is 12.3 Å². The predicted octanol–water partition coefficient (Wildman–Crippen LogP) is 2.88. The van der Waals surface area contributed by atoms with Gasteiger partial charge in [-0.25, -0.2) is 4.98 Å². The van der Waals surface area contributed by atoms with Crippen molar-refractivity contribution in [1.29, 1.82) is 5.26 Å². The number of nitriles is 1. The maximum absolute atomic E-state index is 12.3. The van der Waals surface area contributed by atoms with Gasteiger partial charge in [0.2, 0.25) is 0 Å². The van der Waals surface area contributed by atoms with Crippen LogP contribution in [-0.2, 0) is 5.41 Å². The summed E-state index contributed by atoms with van der Waals surface area (Å²) in [6, 6.07) is 5.10. The van der Waals surface area contributed by atoms with E-state index in [2.05, 4.69) is 20.5 Å². The van der Waals surface area contributed by atoms with Crippen molar-refractivity contribution >= 4 is 23.3 Å². The van der Waals surface area contributed by atoms with Gasteiger partial charge in [-0.15, -0.1) is 0 Å². The molecule has 2 aromatic heterocycles. The van der Waals surface area contributed by atoms with E-state index in [0.29, 0.717) is 11.3 Å². The molecule has 2 heterocycles. The van der Waals surface area contributed by atoms with E-state index in [9.17, 15) is 4.79 Å². The van der Waals surface area contributed by atoms with Crippen LogP contribution in [-0.4, -0.2) is 21.1 Å². The van der Waals surface area contributed by atoms with E-state index in [1.807, 2.05) is 26.8 Å². The Morgan fingerprint density at radius 2 is 2.14 bits per heavy atom. The first kappa shape index (κ1) is 15.0. The van der Waals surface area contributed by atoms with E-state index < -0.39 is 0 Å². The van der Waals surface area contributed by atoms with E-state index >= 15 is 0 Å². The Hall–Kier alpha value is -2.39. The number of H-pyrrole nitrogens is 1. The molecular formula is C14H14ClN5O. The lowest BCUT2D eigenvalue weighted by Gasteiger charge is -2.18. The number of carbonyl (C=O) groups excluding carboxylic acids is 1. The summed E-state index contributed by atoms with van der Waals surface area (Å²) in [5.74, 6) is -0.127. The van der Waals surface area contributed by atoms with Crippen LogP contribution in [0, 0.1) is 11.3 Å². The van der Waals surface area contributed by atoms with Crippen molar-refractivity contribution in [1.82, 2.24) is 15.2 Å². The van der Waals surface area contributed by atoms with Crippen LogP contribution in [0.25, 0.3) is 0 Å². The van der Waals surface area contributed by atoms with Gasteiger partial charge in [-0.2, -0.15) is 10.4 Å². The molecule has 0 aromatic carbocycles. The quantitative estimate of drug-likeness (QED) is 0.834. The fourth-order valence-corrected chi connectivity index (χ4v) is 1.87. The fourth-order valence-electron chi connectivity index (χ4n) is 1.66. The number of amides is 1. The highest BCUT2D eigenvalue weighted by molar-refractivity contribution is 6.29. The lowest BCUT2D eigenvalue weighted by molar-refractivity contribution is 0.102. The zero-order chi connectivity index (χ0) is 15.6. The summed E-state index contributed by atoms with van der Waals surface area (Å²) < 4.78 is 0. The van der Waals surface area contributed by atoms with Crippen LogP contribution in [0.15, 0.2) is 18.3 Å². The highest BCUT2D eigenvalue weighted by Crippen LogP contribution is 2.24. The van der Waals surface area contributed by atoms with Gasteiger partial charge in [0.25, 0.3) is 5.91 Å². The Labute approximate surface area is 127 Å². The molecule has 1 amide bonds. The summed E-state index contributed by atoms with van der Waals surface area (Å²) in [6.07, 6.45) is 1.34. The first-order chi connectivity index (χ1) is 9.81. The van der Waals surface area contributed by atoms with Crippen molar-refractivity contribution in [2.24, 2.45) is 0 Å². The minimum absolute atomic E-state index is 0.230. The number of hydrogen-bond acceptors (Lipinski definition) is 4. The number of aromatic amines is 1. The van der Waals surface area contributed by atoms with Gasteiger partial charge in [0.05, 0.1) is 6.20 Å². The molecule has 0 atom stereocenters. The predicted molar refractivity (Wildman–Crippen MR) is 79.2 cm³/mol. The first-order valence-corrected chi connectivity index (χ1v) is 6.62. The Morgan fingerprint density at radius 1 is 1.43 bits per heavy atom. The Bertz CT molecular complexity index is 724. The summed E-state index contributed by atoms with van der Waals surface area (Å²) in [5.41, 5.74) is 1.12. The molecule has 0 radical (unpaired) electrons. The average molecular weight is 304 g/mol. The molecule has 0 fully saturated rings. The Kier molecular flexibility index (Phi) is 3.96. The molecule has 0 spiro atoms. The van der Waals surface area contributed by atoms with E-state index in [4.69, 9.17) is 16.9 Å². The summed E-state index contributed by atoms with van der Waals surface area (Å²) in [4.78, 5) is 16.5. The molecule has 2 rings (SSSR count). The van der Waals surface area contributed by atoms with Gasteiger partial charge in [0, 0.05) is 16.7 Å². The zero-order valence-corrected chi connectivity index (χ0v) is 12.6. The molecule has 21 heavy (non-hydrogen) atoms. The number of nitrogens with one attached hydrogen (secondary N) is 2. The van der Waals surface area contributed by atoms with Crippen LogP contribution >= 0.6 is 11.6 Å². The van der Waals surface area contributed by atoms with Crippen LogP contribution in [0.2, 0.25) is 5.15 Å². The summed E-state index contributed by atoms with van der Waals surface area (Å²) >= 11 is 5.98. The third-order valence-electron chi connectivity index (χ3n) is 2.82. The maximum Gasteiger partial charge on any atom is 0.257 e. The minimum atomic E-state index is -0.384. The van der Waals surface area contributed by atoms with Crippen molar-refractivity contribution in [3.63, 3.8) is 0 Å². The smallest absolute Gasteiger partial charge is 0.257 e. The third-order valence-corrected chi connectivity index (χ3v) is 3.02. The van der Waals surface area contributed by atoms with Gasteiger partial charge in [0.15, 0.2) is 0 Å². The fraction of sp³-hybridized carbons (Fsp3) is 0.286. The van der Waals surface area contributed by atoms with E-state index in [1.54, 1.807) is 6.07 Å². The van der Waals surface area contributed by atoms with Crippen molar-refractivity contribution in [3.8, 4) is 6.07 Å². The van der Waals surface area contributed by atoms with Gasteiger partial charge in [0.1, 0.15) is 22.6 Å². The standard InChI is InChI=1S/C14H14ClN5O/c1-14(2,3)10-4-8(5-11(15)18-10)13(21)19-12-9(6-16)7-17-20-12/h4-5,7H,1-3H3,(H2,17,19,20,21). The molecule has 2 N–H and O–H groups in total. The highest BCUT2D eigenvalue weighted by atomic mass is 35.5. The number of nitrogens with zero attached hydrogens (tertiary/aromatic N) is 3. The molecule has 2 aromatic rings. The molecule has 0 saturated heterocycles. The second-order valence-electron chi connectivity index (χ2n) is 5.54. The monoisotopic (exact) mass is 303 g/mol. The average Bonchev–Trinajstić information content (AvgIpc) is 2.84. The lowest BCUT2D eigenvalue weighted by atomic mass is 9.91. The molecule has 0 aliphatic rings. The number of anilines is 1. The normalized spacial score (nSPS) is 11.0. The second-order valence-corrected chi connectivity index (χ2v) is 5.93. The van der Waals surface area contributed by atoms with Crippen LogP contribution in [0.4, 0.5) is 5.82 Å². The Balaban J connectivity index is 2.32. The van der Waals surface area contributed by atoms with Crippen LogP contribution < -0.4 is 5.32 Å². The lowest BCUT2D eigenvalue weighted by Crippen LogP contribution is -2.18. The van der Waals surface area contributed by atoms with Gasteiger partial charge in [-0.05, 0) is 12.1 Å². The summed E-state index contributed by atoms with van der Waals surface area (Å²) in [5, 5.41) is 18.0. The zero-order valence-electron chi connectivity index (χ0n) is 11.9. The van der Waals surface area contributed by atoms with E-state index in [0.717, 1.165) is 0 Å². The topological polar surface area (TPSA) is 94.5 Å². The summed E-state index contributed by atoms with van der Waals surface area (Å²) in [7, 11) is 0. The molecule has 0 saturated carbocycles. The number of hydrogen-bond donors (Lipinski definition) is 2. The maximum atomic E-state index is 12.3. The van der Waals surface area contributed by atoms with Crippen molar-refractivity contribution < 1.29 is 4.79 Å². The molecular weight excluding hydrogens is 290 g/mol. The largest absolute Gasteiger partial charge is 0.306 e. The first-order valence-electron chi connectivity index (χ1n) is 6.24. The number of aromatic nitrogens is 3. The summed E-state index contributed by atoms with van der Waals surface area (Å²) in [6.45, 7) is 5.95. The molecule has 6 nitrogen and oxygen atoms in total. The van der Waals surface area contributed by atoms with Crippen LogP contribution in [0.5, 0.6) is 0 Å². The number of carbonyl (C=O) groups is 1. The number of pyridine rings is 1. The van der Waals surface area contributed by atoms with Crippen molar-refractivity contribution in [3.05, 3.63) is 40.3 Å². The van der Waals surface area contributed by atoms with Gasteiger partial charge in [-0.1, -0.05) is 32.4 Å². The van der Waals surface area contributed by atoms with Crippen LogP contribution in [0.1, 0.15) is 42.4 Å². The van der Waals surface area contributed by atoms with Gasteiger partial charge < -0.3 is 5.32 Å².